The third-order valence-electron chi connectivity index (χ3n) is 5.05. The van der Waals surface area contributed by atoms with Crippen LogP contribution in [0.25, 0.3) is 0 Å². The molecule has 3 amide bonds. The van der Waals surface area contributed by atoms with Crippen LogP contribution < -0.4 is 5.32 Å². The maximum atomic E-state index is 12.3. The predicted molar refractivity (Wildman–Crippen MR) is 97.9 cm³/mol. The molecule has 1 aliphatic carbocycles. The van der Waals surface area contributed by atoms with Gasteiger partial charge in [0.05, 0.1) is 11.8 Å². The molecule has 1 saturated carbocycles. The lowest BCUT2D eigenvalue weighted by Gasteiger charge is -2.19. The molecule has 144 valence electrons. The van der Waals surface area contributed by atoms with Gasteiger partial charge in [0.15, 0.2) is 6.61 Å². The first-order valence-electron chi connectivity index (χ1n) is 8.93. The molecular formula is C19H21ClN2O5. The standard InChI is InChI=1S/C19H21ClN2O5/c1-11-8-12(20)6-7-15(11)21-16(23)10-27-17(24)9-22-18(25)13-4-2-3-5-14(13)19(22)26/h6-8,13-14H,2-5,9-10H2,1H3,(H,21,23)/t13-,14-/m1/s1. The van der Waals surface area contributed by atoms with Gasteiger partial charge in [0.2, 0.25) is 11.8 Å². The Labute approximate surface area is 162 Å². The van der Waals surface area contributed by atoms with Crippen LogP contribution in [0.5, 0.6) is 0 Å². The summed E-state index contributed by atoms with van der Waals surface area (Å²) in [5.74, 6) is -2.52. The largest absolute Gasteiger partial charge is 0.454 e. The smallest absolute Gasteiger partial charge is 0.326 e. The van der Waals surface area contributed by atoms with E-state index in [0.29, 0.717) is 23.6 Å². The number of amides is 3. The first-order chi connectivity index (χ1) is 12.9. The molecule has 1 aromatic carbocycles. The van der Waals surface area contributed by atoms with Crippen molar-refractivity contribution in [2.24, 2.45) is 11.8 Å². The number of nitrogens with one attached hydrogen (secondary N) is 1. The monoisotopic (exact) mass is 392 g/mol. The highest BCUT2D eigenvalue weighted by atomic mass is 35.5. The first-order valence-corrected chi connectivity index (χ1v) is 9.31. The SMILES string of the molecule is Cc1cc(Cl)ccc1NC(=O)COC(=O)CN1C(=O)[C@@H]2CCCC[C@H]2C1=O. The second-order valence-electron chi connectivity index (χ2n) is 6.93. The van der Waals surface area contributed by atoms with Crippen LogP contribution in [0.4, 0.5) is 5.69 Å². The van der Waals surface area contributed by atoms with Crippen molar-refractivity contribution >= 4 is 41.0 Å². The Balaban J connectivity index is 1.50. The summed E-state index contributed by atoms with van der Waals surface area (Å²) in [5.41, 5.74) is 1.34. The van der Waals surface area contributed by atoms with Crippen molar-refractivity contribution in [1.29, 1.82) is 0 Å². The quantitative estimate of drug-likeness (QED) is 0.613. The highest BCUT2D eigenvalue weighted by Crippen LogP contribution is 2.37. The van der Waals surface area contributed by atoms with Gasteiger partial charge in [-0.05, 0) is 43.5 Å². The van der Waals surface area contributed by atoms with Crippen molar-refractivity contribution in [1.82, 2.24) is 4.90 Å². The second kappa shape index (κ2) is 8.08. The van der Waals surface area contributed by atoms with Gasteiger partial charge in [-0.25, -0.2) is 0 Å². The number of rotatable bonds is 5. The number of benzene rings is 1. The van der Waals surface area contributed by atoms with Gasteiger partial charge >= 0.3 is 5.97 Å². The van der Waals surface area contributed by atoms with Crippen LogP contribution in [0.2, 0.25) is 5.02 Å². The minimum atomic E-state index is -0.779. The van der Waals surface area contributed by atoms with Crippen molar-refractivity contribution in [3.05, 3.63) is 28.8 Å². The summed E-state index contributed by atoms with van der Waals surface area (Å²) >= 11 is 5.86. The zero-order chi connectivity index (χ0) is 19.6. The topological polar surface area (TPSA) is 92.8 Å². The number of likely N-dealkylation sites (tertiary alicyclic amines) is 1. The van der Waals surface area contributed by atoms with E-state index in [1.54, 1.807) is 25.1 Å². The third kappa shape index (κ3) is 4.30. The van der Waals surface area contributed by atoms with Gasteiger partial charge in [-0.3, -0.25) is 24.1 Å². The number of hydrogen-bond acceptors (Lipinski definition) is 5. The predicted octanol–water partition coefficient (Wildman–Crippen LogP) is 2.31. The van der Waals surface area contributed by atoms with Gasteiger partial charge in [-0.1, -0.05) is 24.4 Å². The van der Waals surface area contributed by atoms with Gasteiger partial charge in [0.1, 0.15) is 6.54 Å². The Morgan fingerprint density at radius 3 is 2.41 bits per heavy atom. The molecule has 0 radical (unpaired) electrons. The Hall–Kier alpha value is -2.41. The molecule has 7 nitrogen and oxygen atoms in total. The molecule has 0 bridgehead atoms. The fraction of sp³-hybridized carbons (Fsp3) is 0.474. The molecule has 0 unspecified atom stereocenters. The Morgan fingerprint density at radius 1 is 1.19 bits per heavy atom. The summed E-state index contributed by atoms with van der Waals surface area (Å²) in [4.78, 5) is 49.6. The molecule has 1 saturated heterocycles. The van der Waals surface area contributed by atoms with E-state index in [2.05, 4.69) is 5.32 Å². The Kier molecular flexibility index (Phi) is 5.79. The zero-order valence-electron chi connectivity index (χ0n) is 15.0. The van der Waals surface area contributed by atoms with Gasteiger partial charge in [-0.15, -0.1) is 0 Å². The lowest BCUT2D eigenvalue weighted by Crippen LogP contribution is -2.37. The average molecular weight is 393 g/mol. The number of carbonyl (C=O) groups is 4. The number of fused-ring (bicyclic) bond motifs is 1. The minimum Gasteiger partial charge on any atom is -0.454 e. The number of hydrogen-bond donors (Lipinski definition) is 1. The summed E-state index contributed by atoms with van der Waals surface area (Å²) < 4.78 is 4.93. The highest BCUT2D eigenvalue weighted by Gasteiger charge is 2.48. The number of esters is 1. The van der Waals surface area contributed by atoms with Crippen molar-refractivity contribution in [3.63, 3.8) is 0 Å². The number of imide groups is 1. The first kappa shape index (κ1) is 19.4. The van der Waals surface area contributed by atoms with E-state index in [-0.39, 0.29) is 23.7 Å². The van der Waals surface area contributed by atoms with Crippen molar-refractivity contribution in [2.75, 3.05) is 18.5 Å². The number of halogens is 1. The third-order valence-corrected chi connectivity index (χ3v) is 5.28. The summed E-state index contributed by atoms with van der Waals surface area (Å²) in [6.07, 6.45) is 3.21. The second-order valence-corrected chi connectivity index (χ2v) is 7.36. The molecule has 1 aromatic rings. The molecular weight excluding hydrogens is 372 g/mol. The summed E-state index contributed by atoms with van der Waals surface area (Å²) in [6, 6.07) is 4.99. The lowest BCUT2D eigenvalue weighted by atomic mass is 9.81. The van der Waals surface area contributed by atoms with E-state index < -0.39 is 25.0 Å². The van der Waals surface area contributed by atoms with Crippen LogP contribution in [0.3, 0.4) is 0 Å². The van der Waals surface area contributed by atoms with Crippen LogP contribution in [-0.2, 0) is 23.9 Å². The van der Waals surface area contributed by atoms with Crippen LogP contribution in [-0.4, -0.2) is 41.7 Å². The lowest BCUT2D eigenvalue weighted by molar-refractivity contribution is -0.154. The Morgan fingerprint density at radius 2 is 1.81 bits per heavy atom. The molecule has 3 rings (SSSR count). The van der Waals surface area contributed by atoms with E-state index in [1.165, 1.54) is 0 Å². The van der Waals surface area contributed by atoms with E-state index in [4.69, 9.17) is 16.3 Å². The van der Waals surface area contributed by atoms with E-state index in [0.717, 1.165) is 23.3 Å². The van der Waals surface area contributed by atoms with Crippen LogP contribution in [0.1, 0.15) is 31.2 Å². The maximum absolute atomic E-state index is 12.3. The summed E-state index contributed by atoms with van der Waals surface area (Å²) in [5, 5.41) is 3.18. The molecule has 27 heavy (non-hydrogen) atoms. The number of nitrogens with zero attached hydrogens (tertiary/aromatic N) is 1. The fourth-order valence-corrected chi connectivity index (χ4v) is 3.89. The molecule has 1 heterocycles. The van der Waals surface area contributed by atoms with E-state index in [9.17, 15) is 19.2 Å². The van der Waals surface area contributed by atoms with Gasteiger partial charge in [0, 0.05) is 10.7 Å². The molecule has 2 aliphatic rings. The number of anilines is 1. The van der Waals surface area contributed by atoms with E-state index >= 15 is 0 Å². The van der Waals surface area contributed by atoms with E-state index in [1.807, 2.05) is 0 Å². The summed E-state index contributed by atoms with van der Waals surface area (Å²) in [7, 11) is 0. The van der Waals surface area contributed by atoms with Crippen LogP contribution in [0, 0.1) is 18.8 Å². The zero-order valence-corrected chi connectivity index (χ0v) is 15.8. The number of aryl methyl sites for hydroxylation is 1. The molecule has 8 heteroatoms. The number of carbonyl (C=O) groups excluding carboxylic acids is 4. The van der Waals surface area contributed by atoms with Crippen molar-refractivity contribution in [2.45, 2.75) is 32.6 Å². The number of ether oxygens (including phenoxy) is 1. The Bertz CT molecular complexity index is 770. The fourth-order valence-electron chi connectivity index (χ4n) is 3.66. The maximum Gasteiger partial charge on any atom is 0.326 e. The molecule has 2 fully saturated rings. The van der Waals surface area contributed by atoms with Crippen molar-refractivity contribution < 1.29 is 23.9 Å². The highest BCUT2D eigenvalue weighted by molar-refractivity contribution is 6.30. The van der Waals surface area contributed by atoms with Gasteiger partial charge < -0.3 is 10.1 Å². The summed E-state index contributed by atoms with van der Waals surface area (Å²) in [6.45, 7) is 0.847. The molecule has 0 spiro atoms. The minimum absolute atomic E-state index is 0.303. The molecule has 1 aliphatic heterocycles. The van der Waals surface area contributed by atoms with Gasteiger partial charge in [-0.2, -0.15) is 0 Å². The molecule has 0 aromatic heterocycles. The molecule has 1 N–H and O–H groups in total. The normalized spacial score (nSPS) is 21.8. The van der Waals surface area contributed by atoms with Gasteiger partial charge in [0.25, 0.3) is 5.91 Å². The molecule has 2 atom stereocenters. The average Bonchev–Trinajstić information content (AvgIpc) is 2.88. The van der Waals surface area contributed by atoms with Crippen LogP contribution >= 0.6 is 11.6 Å². The van der Waals surface area contributed by atoms with Crippen molar-refractivity contribution in [3.8, 4) is 0 Å². The van der Waals surface area contributed by atoms with Crippen LogP contribution in [0.15, 0.2) is 18.2 Å².